The van der Waals surface area contributed by atoms with E-state index in [4.69, 9.17) is 21.6 Å². The van der Waals surface area contributed by atoms with E-state index in [9.17, 15) is 9.59 Å². The summed E-state index contributed by atoms with van der Waals surface area (Å²) in [6, 6.07) is 1.81. The highest BCUT2D eigenvalue weighted by atomic mass is 35.5. The van der Waals surface area contributed by atoms with Crippen molar-refractivity contribution < 1.29 is 9.53 Å². The van der Waals surface area contributed by atoms with Gasteiger partial charge in [0.1, 0.15) is 16.8 Å². The average molecular weight is 269 g/mol. The first kappa shape index (κ1) is 14.4. The highest BCUT2D eigenvalue weighted by molar-refractivity contribution is 6.32. The molecule has 0 bridgehead atoms. The maximum Gasteiger partial charge on any atom is 0.269 e. The number of carbonyl (C=O) groups is 1. The molecule has 1 heterocycles. The largest absolute Gasteiger partial charge is 0.385 e. The number of carbonyl (C=O) groups excluding carboxylic acids is 1. The Hall–Kier alpha value is -1.64. The molecule has 0 fully saturated rings. The average Bonchev–Trinajstić information content (AvgIpc) is 2.34. The molecule has 0 spiro atoms. The van der Waals surface area contributed by atoms with Crippen molar-refractivity contribution in [2.45, 2.75) is 19.9 Å². The molecule has 0 aromatic carbocycles. The maximum atomic E-state index is 12.0. The molecule has 0 radical (unpaired) electrons. The monoisotopic (exact) mass is 268 g/mol. The van der Waals surface area contributed by atoms with E-state index in [1.165, 1.54) is 11.5 Å². The number of nitrogens with zero attached hydrogens (tertiary/aromatic N) is 2. The molecule has 96 valence electrons. The van der Waals surface area contributed by atoms with Crippen LogP contribution in [0.5, 0.6) is 0 Å². The normalized spacial score (nSPS) is 10.1. The van der Waals surface area contributed by atoms with E-state index >= 15 is 0 Å². The number of halogens is 1. The third kappa shape index (κ3) is 2.61. The topological polar surface area (TPSA) is 72.1 Å². The molecular weight excluding hydrogens is 256 g/mol. The van der Waals surface area contributed by atoms with E-state index in [1.807, 2.05) is 6.07 Å². The highest BCUT2D eigenvalue weighted by Gasteiger charge is 2.17. The summed E-state index contributed by atoms with van der Waals surface area (Å²) in [5, 5.41) is 9.03. The fraction of sp³-hybridized carbons (Fsp3) is 0.417. The van der Waals surface area contributed by atoms with Gasteiger partial charge in [-0.2, -0.15) is 5.26 Å². The molecule has 0 aliphatic carbocycles. The van der Waals surface area contributed by atoms with Crippen molar-refractivity contribution in [3.63, 3.8) is 0 Å². The van der Waals surface area contributed by atoms with Crippen LogP contribution in [0.2, 0.25) is 5.15 Å². The summed E-state index contributed by atoms with van der Waals surface area (Å²) in [5.41, 5.74) is -0.00338. The molecule has 5 nitrogen and oxygen atoms in total. The van der Waals surface area contributed by atoms with E-state index in [-0.39, 0.29) is 16.3 Å². The summed E-state index contributed by atoms with van der Waals surface area (Å²) in [6.07, 6.45) is 1.13. The van der Waals surface area contributed by atoms with Crippen molar-refractivity contribution in [2.75, 3.05) is 13.7 Å². The predicted molar refractivity (Wildman–Crippen MR) is 67.0 cm³/mol. The van der Waals surface area contributed by atoms with Gasteiger partial charge in [0.05, 0.1) is 5.56 Å². The van der Waals surface area contributed by atoms with Crippen molar-refractivity contribution in [3.8, 4) is 6.07 Å². The minimum absolute atomic E-state index is 0.0427. The summed E-state index contributed by atoms with van der Waals surface area (Å²) in [7, 11) is 1.55. The van der Waals surface area contributed by atoms with Crippen LogP contribution in [0.25, 0.3) is 0 Å². The number of hydrogen-bond acceptors (Lipinski definition) is 4. The molecule has 0 aliphatic heterocycles. The molecule has 0 unspecified atom stereocenters. The van der Waals surface area contributed by atoms with Gasteiger partial charge in [-0.05, 0) is 18.9 Å². The summed E-state index contributed by atoms with van der Waals surface area (Å²) < 4.78 is 6.12. The number of nitriles is 1. The summed E-state index contributed by atoms with van der Waals surface area (Å²) in [6.45, 7) is 2.31. The Kier molecular flexibility index (Phi) is 5.08. The highest BCUT2D eigenvalue weighted by Crippen LogP contribution is 2.18. The summed E-state index contributed by atoms with van der Waals surface area (Å²) >= 11 is 6.01. The Bertz CT molecular complexity index is 558. The molecule has 0 amide bonds. The number of hydrogen-bond donors (Lipinski definition) is 0. The van der Waals surface area contributed by atoms with Crippen LogP contribution in [-0.4, -0.2) is 24.6 Å². The van der Waals surface area contributed by atoms with Gasteiger partial charge in [-0.1, -0.05) is 11.6 Å². The summed E-state index contributed by atoms with van der Waals surface area (Å²) in [4.78, 5) is 23.0. The van der Waals surface area contributed by atoms with E-state index in [0.29, 0.717) is 31.4 Å². The third-order valence-corrected chi connectivity index (χ3v) is 3.06. The standard InChI is InChI=1S/C12H13ClN2O3/c1-8-9(6-14)12(17)15(4-3-5-18-2)11(13)10(8)7-16/h7H,3-5H2,1-2H3. The zero-order valence-electron chi connectivity index (χ0n) is 10.2. The Balaban J connectivity index is 3.38. The minimum Gasteiger partial charge on any atom is -0.385 e. The molecule has 1 aromatic heterocycles. The Morgan fingerprint density at radius 3 is 2.72 bits per heavy atom. The second kappa shape index (κ2) is 6.34. The molecule has 6 heteroatoms. The van der Waals surface area contributed by atoms with E-state index < -0.39 is 5.56 Å². The quantitative estimate of drug-likeness (QED) is 0.461. The number of pyridine rings is 1. The molecule has 0 saturated carbocycles. The number of methoxy groups -OCH3 is 1. The molecule has 1 aromatic rings. The van der Waals surface area contributed by atoms with Gasteiger partial charge in [0.15, 0.2) is 6.29 Å². The van der Waals surface area contributed by atoms with Crippen LogP contribution in [0.1, 0.15) is 27.9 Å². The van der Waals surface area contributed by atoms with Crippen LogP contribution < -0.4 is 5.56 Å². The second-order valence-electron chi connectivity index (χ2n) is 3.74. The summed E-state index contributed by atoms with van der Waals surface area (Å²) in [5.74, 6) is 0. The Morgan fingerprint density at radius 1 is 1.56 bits per heavy atom. The minimum atomic E-state index is -0.471. The van der Waals surface area contributed by atoms with E-state index in [1.54, 1.807) is 7.11 Å². The first-order valence-electron chi connectivity index (χ1n) is 5.35. The van der Waals surface area contributed by atoms with Gasteiger partial charge in [0, 0.05) is 20.3 Å². The van der Waals surface area contributed by atoms with Crippen LogP contribution >= 0.6 is 11.6 Å². The molecule has 0 N–H and O–H groups in total. The first-order chi connectivity index (χ1) is 8.58. The molecule has 18 heavy (non-hydrogen) atoms. The fourth-order valence-electron chi connectivity index (χ4n) is 1.65. The van der Waals surface area contributed by atoms with Crippen molar-refractivity contribution in [1.82, 2.24) is 4.57 Å². The Labute approximate surface area is 110 Å². The number of rotatable bonds is 5. The first-order valence-corrected chi connectivity index (χ1v) is 5.73. The molecule has 1 rings (SSSR count). The van der Waals surface area contributed by atoms with Gasteiger partial charge in [0.2, 0.25) is 0 Å². The molecule has 0 saturated heterocycles. The zero-order chi connectivity index (χ0) is 13.7. The molecular formula is C12H13ClN2O3. The van der Waals surface area contributed by atoms with Crippen LogP contribution in [-0.2, 0) is 11.3 Å². The van der Waals surface area contributed by atoms with Crippen LogP contribution in [0, 0.1) is 18.3 Å². The lowest BCUT2D eigenvalue weighted by atomic mass is 10.1. The smallest absolute Gasteiger partial charge is 0.269 e. The van der Waals surface area contributed by atoms with Crippen molar-refractivity contribution in [2.24, 2.45) is 0 Å². The Morgan fingerprint density at radius 2 is 2.22 bits per heavy atom. The van der Waals surface area contributed by atoms with Crippen LogP contribution in [0.15, 0.2) is 4.79 Å². The number of aldehydes is 1. The predicted octanol–water partition coefficient (Wildman–Crippen LogP) is 1.53. The zero-order valence-corrected chi connectivity index (χ0v) is 11.0. The lowest BCUT2D eigenvalue weighted by molar-refractivity contribution is 0.112. The van der Waals surface area contributed by atoms with Crippen molar-refractivity contribution in [1.29, 1.82) is 5.26 Å². The maximum absolute atomic E-state index is 12.0. The molecule has 0 atom stereocenters. The van der Waals surface area contributed by atoms with Crippen LogP contribution in [0.3, 0.4) is 0 Å². The second-order valence-corrected chi connectivity index (χ2v) is 4.10. The van der Waals surface area contributed by atoms with E-state index in [2.05, 4.69) is 0 Å². The SMILES string of the molecule is COCCCn1c(Cl)c(C=O)c(C)c(C#N)c1=O. The number of ether oxygens (including phenoxy) is 1. The number of aromatic nitrogens is 1. The third-order valence-electron chi connectivity index (χ3n) is 2.66. The van der Waals surface area contributed by atoms with Gasteiger partial charge in [-0.25, -0.2) is 0 Å². The van der Waals surface area contributed by atoms with Gasteiger partial charge in [-0.3, -0.25) is 14.2 Å². The van der Waals surface area contributed by atoms with Gasteiger partial charge in [0.25, 0.3) is 5.56 Å². The van der Waals surface area contributed by atoms with Gasteiger partial charge >= 0.3 is 0 Å². The van der Waals surface area contributed by atoms with Crippen LogP contribution in [0.4, 0.5) is 0 Å². The van der Waals surface area contributed by atoms with E-state index in [0.717, 1.165) is 0 Å². The lowest BCUT2D eigenvalue weighted by Gasteiger charge is -2.12. The van der Waals surface area contributed by atoms with Crippen molar-refractivity contribution >= 4 is 17.9 Å². The lowest BCUT2D eigenvalue weighted by Crippen LogP contribution is -2.26. The fourth-order valence-corrected chi connectivity index (χ4v) is 2.00. The van der Waals surface area contributed by atoms with Gasteiger partial charge < -0.3 is 4.74 Å². The van der Waals surface area contributed by atoms with Gasteiger partial charge in [-0.15, -0.1) is 0 Å². The van der Waals surface area contributed by atoms with Crippen molar-refractivity contribution in [3.05, 3.63) is 32.2 Å². The molecule has 0 aliphatic rings.